The minimum atomic E-state index is -0.644. The van der Waals surface area contributed by atoms with Crippen molar-refractivity contribution in [3.8, 4) is 0 Å². The highest BCUT2D eigenvalue weighted by Gasteiger charge is 2.11. The Bertz CT molecular complexity index is 72.1. The zero-order chi connectivity index (χ0) is 5.86. The second-order valence-corrected chi connectivity index (χ2v) is 1.47. The van der Waals surface area contributed by atoms with E-state index in [9.17, 15) is 4.79 Å². The summed E-state index contributed by atoms with van der Waals surface area (Å²) in [6, 6.07) is 0. The van der Waals surface area contributed by atoms with Crippen molar-refractivity contribution in [2.45, 2.75) is 6.92 Å². The molecule has 0 saturated carbocycles. The van der Waals surface area contributed by atoms with E-state index in [0.29, 0.717) is 0 Å². The Morgan fingerprint density at radius 2 is 2.43 bits per heavy atom. The molecule has 3 nitrogen and oxygen atoms in total. The van der Waals surface area contributed by atoms with E-state index in [-0.39, 0.29) is 6.54 Å². The van der Waals surface area contributed by atoms with Crippen LogP contribution in [0, 0.1) is 5.92 Å². The average Bonchev–Trinajstić information content (AvgIpc) is 1.65. The number of hydrogen-bond acceptors (Lipinski definition) is 1. The fourth-order valence-electron chi connectivity index (χ4n) is 0.0927. The normalized spacial score (nSPS) is 13.4. The molecule has 7 heavy (non-hydrogen) atoms. The number of nitrogens with one attached hydrogen (secondary N) is 1. The largest absolute Gasteiger partial charge is 0.677 e. The third kappa shape index (κ3) is 2.17. The van der Waals surface area contributed by atoms with Gasteiger partial charge in [0.2, 0.25) is 0 Å². The smallest absolute Gasteiger partial charge is 0.516 e. The van der Waals surface area contributed by atoms with Crippen LogP contribution < -0.4 is 0 Å². The van der Waals surface area contributed by atoms with Crippen LogP contribution in [-0.2, 0) is 4.79 Å². The van der Waals surface area contributed by atoms with E-state index < -0.39 is 11.9 Å². The number of carbonyl (C=O) groups is 1. The van der Waals surface area contributed by atoms with Gasteiger partial charge in [-0.3, -0.25) is 0 Å². The van der Waals surface area contributed by atoms with Crippen LogP contribution in [0.5, 0.6) is 0 Å². The van der Waals surface area contributed by atoms with E-state index in [4.69, 9.17) is 10.8 Å². The molecule has 0 saturated heterocycles. The van der Waals surface area contributed by atoms with Gasteiger partial charge in [-0.1, -0.05) is 0 Å². The number of hydrogen-bond donors (Lipinski definition) is 0. The average molecular weight is 103 g/mol. The summed E-state index contributed by atoms with van der Waals surface area (Å²) in [6.07, 6.45) is 0. The predicted octanol–water partition coefficient (Wildman–Crippen LogP) is -0.0741. The number of rotatable bonds is 2. The first kappa shape index (κ1) is 6.43. The SMILES string of the molecule is CC(C[NH-])C(=O)[OH2+]. The monoisotopic (exact) mass is 103 g/mol. The molecule has 0 aliphatic heterocycles. The molecule has 0 aromatic heterocycles. The summed E-state index contributed by atoms with van der Waals surface area (Å²) < 4.78 is 0. The highest BCUT2D eigenvalue weighted by molar-refractivity contribution is 5.69. The van der Waals surface area contributed by atoms with Crippen molar-refractivity contribution >= 4 is 5.97 Å². The Hall–Kier alpha value is -0.570. The highest BCUT2D eigenvalue weighted by Crippen LogP contribution is 1.91. The molecule has 0 aliphatic carbocycles. The summed E-state index contributed by atoms with van der Waals surface area (Å²) in [7, 11) is 0. The van der Waals surface area contributed by atoms with Gasteiger partial charge in [0.15, 0.2) is 0 Å². The summed E-state index contributed by atoms with van der Waals surface area (Å²) in [5.41, 5.74) is 6.60. The van der Waals surface area contributed by atoms with Crippen molar-refractivity contribution in [1.82, 2.24) is 0 Å². The molecule has 1 atom stereocenters. The van der Waals surface area contributed by atoms with Gasteiger partial charge in [0, 0.05) is 4.79 Å². The molecule has 0 amide bonds. The van der Waals surface area contributed by atoms with Crippen molar-refractivity contribution in [2.24, 2.45) is 5.92 Å². The maximum atomic E-state index is 9.92. The zero-order valence-electron chi connectivity index (χ0n) is 4.19. The first-order valence-corrected chi connectivity index (χ1v) is 2.08. The molecule has 0 radical (unpaired) electrons. The summed E-state index contributed by atoms with van der Waals surface area (Å²) in [5.74, 6) is -1.05. The molecular formula is C4H9NO2. The van der Waals surface area contributed by atoms with Crippen molar-refractivity contribution in [3.05, 3.63) is 5.73 Å². The molecule has 3 N–H and O–H groups in total. The second-order valence-electron chi connectivity index (χ2n) is 1.47. The van der Waals surface area contributed by atoms with Crippen molar-refractivity contribution < 1.29 is 9.90 Å². The van der Waals surface area contributed by atoms with Crippen LogP contribution in [0.1, 0.15) is 6.92 Å². The lowest BCUT2D eigenvalue weighted by Gasteiger charge is -1.98. The summed E-state index contributed by atoms with van der Waals surface area (Å²) >= 11 is 0. The van der Waals surface area contributed by atoms with Crippen LogP contribution in [0.15, 0.2) is 0 Å². The molecule has 0 aromatic rings. The van der Waals surface area contributed by atoms with Crippen molar-refractivity contribution in [1.29, 1.82) is 0 Å². The first-order valence-electron chi connectivity index (χ1n) is 2.08. The minimum Gasteiger partial charge on any atom is -0.677 e. The van der Waals surface area contributed by atoms with Gasteiger partial charge in [0.1, 0.15) is 0 Å². The lowest BCUT2D eigenvalue weighted by Crippen LogP contribution is -2.10. The van der Waals surface area contributed by atoms with Crippen LogP contribution in [0.4, 0.5) is 0 Å². The maximum Gasteiger partial charge on any atom is 0.516 e. The molecule has 0 heterocycles. The standard InChI is InChI=1S/C4H8NO2/c1-3(2-5)4(6)7/h3,5H,2H2,1H3,(H,6,7)/q-1/p+1. The Balaban J connectivity index is 3.34. The van der Waals surface area contributed by atoms with E-state index in [2.05, 4.69) is 0 Å². The predicted molar refractivity (Wildman–Crippen MR) is 27.0 cm³/mol. The molecule has 0 bridgehead atoms. The van der Waals surface area contributed by atoms with Crippen LogP contribution >= 0.6 is 0 Å². The molecule has 3 heteroatoms. The summed E-state index contributed by atoms with van der Waals surface area (Å²) in [4.78, 5) is 9.92. The molecule has 1 unspecified atom stereocenters. The third-order valence-electron chi connectivity index (χ3n) is 0.754. The van der Waals surface area contributed by atoms with Gasteiger partial charge in [-0.15, -0.1) is 6.54 Å². The Morgan fingerprint density at radius 1 is 2.00 bits per heavy atom. The zero-order valence-corrected chi connectivity index (χ0v) is 4.19. The van der Waals surface area contributed by atoms with E-state index >= 15 is 0 Å². The van der Waals surface area contributed by atoms with Gasteiger partial charge in [0.05, 0.1) is 5.92 Å². The van der Waals surface area contributed by atoms with Gasteiger partial charge in [-0.05, 0) is 6.92 Å². The molecule has 0 spiro atoms. The molecular weight excluding hydrogens is 94.0 g/mol. The lowest BCUT2D eigenvalue weighted by atomic mass is 10.2. The van der Waals surface area contributed by atoms with Crippen molar-refractivity contribution in [2.75, 3.05) is 6.54 Å². The molecule has 42 valence electrons. The van der Waals surface area contributed by atoms with Crippen molar-refractivity contribution in [3.63, 3.8) is 0 Å². The highest BCUT2D eigenvalue weighted by atomic mass is 16.4. The van der Waals surface area contributed by atoms with E-state index in [1.165, 1.54) is 0 Å². The fourth-order valence-corrected chi connectivity index (χ4v) is 0.0927. The molecule has 0 aliphatic rings. The summed E-state index contributed by atoms with van der Waals surface area (Å²) in [6.45, 7) is 1.60. The Morgan fingerprint density at radius 3 is 2.43 bits per heavy atom. The van der Waals surface area contributed by atoms with E-state index in [1.807, 2.05) is 0 Å². The molecule has 0 aromatic carbocycles. The van der Waals surface area contributed by atoms with E-state index in [0.717, 1.165) is 0 Å². The van der Waals surface area contributed by atoms with Gasteiger partial charge in [0.25, 0.3) is 0 Å². The second kappa shape index (κ2) is 2.58. The van der Waals surface area contributed by atoms with Crippen LogP contribution in [0.25, 0.3) is 5.73 Å². The maximum absolute atomic E-state index is 9.92. The Kier molecular flexibility index (Phi) is 2.37. The first-order chi connectivity index (χ1) is 3.18. The van der Waals surface area contributed by atoms with Gasteiger partial charge < -0.3 is 10.8 Å². The van der Waals surface area contributed by atoms with Gasteiger partial charge >= 0.3 is 5.97 Å². The fraction of sp³-hybridized carbons (Fsp3) is 0.750. The number of carbonyl (C=O) groups excluding carboxylic acids is 1. The minimum absolute atomic E-state index is 0.0301. The van der Waals surface area contributed by atoms with Crippen LogP contribution in [-0.4, -0.2) is 17.6 Å². The Labute approximate surface area is 42.1 Å². The van der Waals surface area contributed by atoms with E-state index in [1.54, 1.807) is 6.92 Å². The topological polar surface area (TPSA) is 63.8 Å². The lowest BCUT2D eigenvalue weighted by molar-refractivity contribution is -0.140. The van der Waals surface area contributed by atoms with Crippen LogP contribution in [0.3, 0.4) is 0 Å². The molecule has 0 rings (SSSR count). The summed E-state index contributed by atoms with van der Waals surface area (Å²) in [5, 5.41) is 6.42. The third-order valence-corrected chi connectivity index (χ3v) is 0.754. The molecule has 0 fully saturated rings. The van der Waals surface area contributed by atoms with Gasteiger partial charge in [-0.2, -0.15) is 0 Å². The van der Waals surface area contributed by atoms with Crippen LogP contribution in [0.2, 0.25) is 0 Å². The quantitative estimate of drug-likeness (QED) is 0.451. The van der Waals surface area contributed by atoms with Gasteiger partial charge in [-0.25, -0.2) is 0 Å².